The number of nitrogens with zero attached hydrogens (tertiary/aromatic N) is 2. The highest BCUT2D eigenvalue weighted by atomic mass is 16.5. The van der Waals surface area contributed by atoms with E-state index < -0.39 is 5.97 Å². The van der Waals surface area contributed by atoms with E-state index >= 15 is 0 Å². The highest BCUT2D eigenvalue weighted by Crippen LogP contribution is 2.18. The third-order valence-corrected chi connectivity index (χ3v) is 2.86. The van der Waals surface area contributed by atoms with Crippen LogP contribution >= 0.6 is 0 Å². The van der Waals surface area contributed by atoms with Crippen LogP contribution in [0.5, 0.6) is 0 Å². The minimum absolute atomic E-state index is 0.107. The lowest BCUT2D eigenvalue weighted by molar-refractivity contribution is 0.0685. The molecule has 1 aromatic carbocycles. The van der Waals surface area contributed by atoms with Gasteiger partial charge in [-0.25, -0.2) is 4.79 Å². The fourth-order valence-corrected chi connectivity index (χ4v) is 1.90. The standard InChI is InChI=1S/C15H10N2O3/c18-15(19)14-9-11(20-17-14)6-5-10-7-8-16-13-4-2-1-3-12(10)13/h1-9H,(H,18,19)/b6-5+. The Labute approximate surface area is 114 Å². The zero-order chi connectivity index (χ0) is 13.9. The molecule has 0 unspecified atom stereocenters. The van der Waals surface area contributed by atoms with Crippen molar-refractivity contribution in [3.63, 3.8) is 0 Å². The van der Waals surface area contributed by atoms with Gasteiger partial charge < -0.3 is 9.63 Å². The predicted octanol–water partition coefficient (Wildman–Crippen LogP) is 3.09. The number of pyridine rings is 1. The lowest BCUT2D eigenvalue weighted by atomic mass is 10.1. The molecule has 0 aliphatic carbocycles. The summed E-state index contributed by atoms with van der Waals surface area (Å²) in [6.45, 7) is 0. The summed E-state index contributed by atoms with van der Waals surface area (Å²) >= 11 is 0. The van der Waals surface area contributed by atoms with Gasteiger partial charge >= 0.3 is 5.97 Å². The Bertz CT molecular complexity index is 800. The number of benzene rings is 1. The number of carboxylic acid groups (broad SMARTS) is 1. The maximum Gasteiger partial charge on any atom is 0.358 e. The second kappa shape index (κ2) is 4.97. The fraction of sp³-hybridized carbons (Fsp3) is 0. The molecule has 0 aliphatic rings. The molecule has 0 atom stereocenters. The van der Waals surface area contributed by atoms with Crippen LogP contribution in [0.2, 0.25) is 0 Å². The van der Waals surface area contributed by atoms with Gasteiger partial charge in [-0.05, 0) is 23.8 Å². The minimum Gasteiger partial charge on any atom is -0.476 e. The Morgan fingerprint density at radius 3 is 2.85 bits per heavy atom. The largest absolute Gasteiger partial charge is 0.476 e. The fourth-order valence-electron chi connectivity index (χ4n) is 1.90. The van der Waals surface area contributed by atoms with Crippen LogP contribution in [0.1, 0.15) is 21.8 Å². The third-order valence-electron chi connectivity index (χ3n) is 2.86. The Kier molecular flexibility index (Phi) is 3.01. The molecule has 0 radical (unpaired) electrons. The van der Waals surface area contributed by atoms with E-state index in [1.54, 1.807) is 12.3 Å². The summed E-state index contributed by atoms with van der Waals surface area (Å²) in [7, 11) is 0. The average molecular weight is 266 g/mol. The minimum atomic E-state index is -1.11. The van der Waals surface area contributed by atoms with E-state index in [1.807, 2.05) is 36.4 Å². The number of hydrogen-bond acceptors (Lipinski definition) is 4. The van der Waals surface area contributed by atoms with E-state index in [1.165, 1.54) is 6.07 Å². The van der Waals surface area contributed by atoms with Crippen LogP contribution in [0.3, 0.4) is 0 Å². The number of aromatic nitrogens is 2. The van der Waals surface area contributed by atoms with E-state index in [4.69, 9.17) is 9.63 Å². The number of hydrogen-bond donors (Lipinski definition) is 1. The molecule has 3 aromatic rings. The predicted molar refractivity (Wildman–Crippen MR) is 74.1 cm³/mol. The molecule has 0 aliphatic heterocycles. The van der Waals surface area contributed by atoms with Crippen molar-refractivity contribution in [2.75, 3.05) is 0 Å². The summed E-state index contributed by atoms with van der Waals surface area (Å²) in [5.74, 6) is -0.717. The van der Waals surface area contributed by atoms with E-state index in [9.17, 15) is 4.79 Å². The summed E-state index contributed by atoms with van der Waals surface area (Å²) in [5, 5.41) is 13.2. The Morgan fingerprint density at radius 1 is 1.20 bits per heavy atom. The number of aromatic carboxylic acids is 1. The monoisotopic (exact) mass is 266 g/mol. The first kappa shape index (κ1) is 12.1. The van der Waals surface area contributed by atoms with Crippen LogP contribution in [0.15, 0.2) is 47.1 Å². The van der Waals surface area contributed by atoms with Crippen molar-refractivity contribution in [3.05, 3.63) is 59.6 Å². The highest BCUT2D eigenvalue weighted by molar-refractivity contribution is 5.90. The molecule has 5 nitrogen and oxygen atoms in total. The van der Waals surface area contributed by atoms with Crippen LogP contribution < -0.4 is 0 Å². The van der Waals surface area contributed by atoms with Gasteiger partial charge in [-0.3, -0.25) is 4.98 Å². The van der Waals surface area contributed by atoms with Crippen LogP contribution in [0.25, 0.3) is 23.1 Å². The average Bonchev–Trinajstić information content (AvgIpc) is 2.94. The van der Waals surface area contributed by atoms with Crippen molar-refractivity contribution in [3.8, 4) is 0 Å². The van der Waals surface area contributed by atoms with E-state index in [0.29, 0.717) is 5.76 Å². The van der Waals surface area contributed by atoms with Gasteiger partial charge in [-0.1, -0.05) is 29.4 Å². The van der Waals surface area contributed by atoms with E-state index in [2.05, 4.69) is 10.1 Å². The van der Waals surface area contributed by atoms with Gasteiger partial charge in [-0.15, -0.1) is 0 Å². The number of fused-ring (bicyclic) bond motifs is 1. The first-order valence-electron chi connectivity index (χ1n) is 5.96. The molecule has 2 heterocycles. The molecule has 1 N–H and O–H groups in total. The molecule has 0 amide bonds. The summed E-state index contributed by atoms with van der Waals surface area (Å²) < 4.78 is 4.93. The van der Waals surface area contributed by atoms with Gasteiger partial charge in [-0.2, -0.15) is 0 Å². The second-order valence-corrected chi connectivity index (χ2v) is 4.17. The van der Waals surface area contributed by atoms with Crippen LogP contribution in [0, 0.1) is 0 Å². The maximum absolute atomic E-state index is 10.7. The molecule has 2 aromatic heterocycles. The summed E-state index contributed by atoms with van der Waals surface area (Å²) in [4.78, 5) is 15.0. The lowest BCUT2D eigenvalue weighted by Crippen LogP contribution is -1.94. The number of rotatable bonds is 3. The molecule has 0 saturated heterocycles. The van der Waals surface area contributed by atoms with Gasteiger partial charge in [0.15, 0.2) is 11.5 Å². The van der Waals surface area contributed by atoms with Crippen LogP contribution in [0.4, 0.5) is 0 Å². The zero-order valence-corrected chi connectivity index (χ0v) is 10.4. The molecule has 5 heteroatoms. The SMILES string of the molecule is O=C(O)c1cc(/C=C/c2ccnc3ccccc23)on1. The van der Waals surface area contributed by atoms with Gasteiger partial charge in [0.1, 0.15) is 0 Å². The molecule has 98 valence electrons. The van der Waals surface area contributed by atoms with Crippen molar-refractivity contribution >= 4 is 29.0 Å². The lowest BCUT2D eigenvalue weighted by Gasteiger charge is -1.99. The van der Waals surface area contributed by atoms with E-state index in [0.717, 1.165) is 16.5 Å². The smallest absolute Gasteiger partial charge is 0.358 e. The molecule has 20 heavy (non-hydrogen) atoms. The van der Waals surface area contributed by atoms with Crippen molar-refractivity contribution in [1.82, 2.24) is 10.1 Å². The van der Waals surface area contributed by atoms with Crippen LogP contribution in [-0.4, -0.2) is 21.2 Å². The van der Waals surface area contributed by atoms with Crippen molar-refractivity contribution in [1.29, 1.82) is 0 Å². The summed E-state index contributed by atoms with van der Waals surface area (Å²) in [5.41, 5.74) is 1.77. The number of carboxylic acids is 1. The number of para-hydroxylation sites is 1. The van der Waals surface area contributed by atoms with Crippen molar-refractivity contribution in [2.45, 2.75) is 0 Å². The van der Waals surface area contributed by atoms with Gasteiger partial charge in [0.05, 0.1) is 5.52 Å². The Balaban J connectivity index is 1.96. The second-order valence-electron chi connectivity index (χ2n) is 4.17. The summed E-state index contributed by atoms with van der Waals surface area (Å²) in [6, 6.07) is 11.0. The molecular formula is C15H10N2O3. The topological polar surface area (TPSA) is 76.2 Å². The zero-order valence-electron chi connectivity index (χ0n) is 10.4. The normalized spacial score (nSPS) is 11.2. The highest BCUT2D eigenvalue weighted by Gasteiger charge is 2.08. The molecule has 0 bridgehead atoms. The maximum atomic E-state index is 10.7. The first-order valence-corrected chi connectivity index (χ1v) is 5.96. The molecule has 0 spiro atoms. The third kappa shape index (κ3) is 2.29. The number of carbonyl (C=O) groups is 1. The van der Waals surface area contributed by atoms with Crippen molar-refractivity contribution in [2.24, 2.45) is 0 Å². The Hall–Kier alpha value is -2.95. The molecular weight excluding hydrogens is 256 g/mol. The molecule has 0 fully saturated rings. The Morgan fingerprint density at radius 2 is 2.05 bits per heavy atom. The van der Waals surface area contributed by atoms with Gasteiger partial charge in [0.25, 0.3) is 0 Å². The van der Waals surface area contributed by atoms with Gasteiger partial charge in [0, 0.05) is 17.6 Å². The summed E-state index contributed by atoms with van der Waals surface area (Å²) in [6.07, 6.45) is 5.25. The molecule has 0 saturated carbocycles. The van der Waals surface area contributed by atoms with Crippen LogP contribution in [-0.2, 0) is 0 Å². The molecule has 3 rings (SSSR count). The first-order chi connectivity index (χ1) is 9.74. The van der Waals surface area contributed by atoms with E-state index in [-0.39, 0.29) is 5.69 Å². The van der Waals surface area contributed by atoms with Gasteiger partial charge in [0.2, 0.25) is 0 Å². The van der Waals surface area contributed by atoms with Crippen molar-refractivity contribution < 1.29 is 14.4 Å². The quantitative estimate of drug-likeness (QED) is 0.788.